The molecular formula is C6H17ClSi2. The highest BCUT2D eigenvalue weighted by Crippen LogP contribution is 2.19. The van der Waals surface area contributed by atoms with Crippen LogP contribution in [0, 0.1) is 0 Å². The van der Waals surface area contributed by atoms with E-state index in [9.17, 15) is 0 Å². The maximum atomic E-state index is 6.03. The normalized spacial score (nSPS) is 13.3. The lowest BCUT2D eigenvalue weighted by Gasteiger charge is -2.23. The molecular weight excluding hydrogens is 164 g/mol. The molecule has 0 rings (SSSR count). The van der Waals surface area contributed by atoms with Gasteiger partial charge in [0, 0.05) is 0 Å². The van der Waals surface area contributed by atoms with Gasteiger partial charge in [-0.05, 0) is 0 Å². The van der Waals surface area contributed by atoms with Gasteiger partial charge in [0.2, 0.25) is 0 Å². The molecule has 0 aliphatic heterocycles. The third-order valence-electron chi connectivity index (χ3n) is 2.53. The van der Waals surface area contributed by atoms with E-state index in [0.29, 0.717) is 0 Å². The Labute approximate surface area is 66.3 Å². The molecule has 9 heavy (non-hydrogen) atoms. The van der Waals surface area contributed by atoms with Crippen LogP contribution in [0.4, 0.5) is 0 Å². The zero-order valence-corrected chi connectivity index (χ0v) is 9.88. The first-order valence-electron chi connectivity index (χ1n) is 3.80. The van der Waals surface area contributed by atoms with Crippen LogP contribution in [0.25, 0.3) is 0 Å². The molecule has 56 valence electrons. The first kappa shape index (κ1) is 9.72. The molecule has 3 heteroatoms. The highest BCUT2D eigenvalue weighted by Gasteiger charge is 2.25. The van der Waals surface area contributed by atoms with Crippen LogP contribution in [0.1, 0.15) is 20.8 Å². The van der Waals surface area contributed by atoms with Gasteiger partial charge >= 0.3 is 0 Å². The van der Waals surface area contributed by atoms with Gasteiger partial charge in [0.25, 0.3) is 0 Å². The van der Waals surface area contributed by atoms with Crippen LogP contribution in [-0.4, -0.2) is 15.9 Å². The summed E-state index contributed by atoms with van der Waals surface area (Å²) in [5.41, 5.74) is 0. The van der Waals surface area contributed by atoms with E-state index in [2.05, 4.69) is 20.8 Å². The molecule has 0 aromatic carbocycles. The van der Waals surface area contributed by atoms with Crippen molar-refractivity contribution in [2.75, 3.05) is 0 Å². The van der Waals surface area contributed by atoms with E-state index in [4.69, 9.17) is 11.1 Å². The van der Waals surface area contributed by atoms with Crippen LogP contribution < -0.4 is 0 Å². The summed E-state index contributed by atoms with van der Waals surface area (Å²) in [6.07, 6.45) is 0. The fourth-order valence-corrected chi connectivity index (χ4v) is 9.90. The molecule has 0 aliphatic carbocycles. The van der Waals surface area contributed by atoms with Crippen molar-refractivity contribution in [3.05, 3.63) is 0 Å². The van der Waals surface area contributed by atoms with Gasteiger partial charge in [-0.2, -0.15) is 11.1 Å². The molecule has 0 saturated heterocycles. The quantitative estimate of drug-likeness (QED) is 0.460. The minimum Gasteiger partial charge on any atom is -0.180 e. The minimum absolute atomic E-state index is 0.168. The molecule has 0 atom stereocenters. The Morgan fingerprint density at radius 1 is 1.11 bits per heavy atom. The zero-order chi connectivity index (χ0) is 7.33. The molecule has 0 aromatic heterocycles. The Morgan fingerprint density at radius 2 is 1.44 bits per heavy atom. The SMILES string of the molecule is CC[Si](CC)(CC)[SiH2]Cl. The lowest BCUT2D eigenvalue weighted by molar-refractivity contribution is 1.22. The molecule has 0 bridgehead atoms. The third-order valence-corrected chi connectivity index (χ3v) is 18.9. The van der Waals surface area contributed by atoms with Gasteiger partial charge in [0.15, 0.2) is 0 Å². The molecule has 0 aliphatic rings. The van der Waals surface area contributed by atoms with E-state index >= 15 is 0 Å². The minimum atomic E-state index is -0.787. The second kappa shape index (κ2) is 4.53. The topological polar surface area (TPSA) is 0 Å². The summed E-state index contributed by atoms with van der Waals surface area (Å²) in [5, 5.41) is 0. The Hall–Kier alpha value is 0.724. The van der Waals surface area contributed by atoms with Gasteiger partial charge in [-0.25, -0.2) is 0 Å². The molecule has 0 nitrogen and oxygen atoms in total. The summed E-state index contributed by atoms with van der Waals surface area (Å²) in [7, 11) is -0.955. The van der Waals surface area contributed by atoms with Crippen molar-refractivity contribution >= 4 is 27.0 Å². The van der Waals surface area contributed by atoms with E-state index in [1.807, 2.05) is 0 Å². The smallest absolute Gasteiger partial charge is 0.117 e. The standard InChI is InChI=1S/C6H17ClSi2/c1-4-9(5-2,6-3)8-7/h4-6,8H2,1-3H3. The van der Waals surface area contributed by atoms with Gasteiger partial charge in [0.1, 0.15) is 8.35 Å². The maximum Gasteiger partial charge on any atom is 0.117 e. The number of hydrogen-bond acceptors (Lipinski definition) is 0. The molecule has 0 fully saturated rings. The van der Waals surface area contributed by atoms with Gasteiger partial charge in [0.05, 0.1) is 7.59 Å². The largest absolute Gasteiger partial charge is 0.180 e. The van der Waals surface area contributed by atoms with Crippen molar-refractivity contribution in [1.29, 1.82) is 0 Å². The third kappa shape index (κ3) is 2.44. The fourth-order valence-electron chi connectivity index (χ4n) is 1.03. The molecule has 0 saturated carbocycles. The molecule has 0 N–H and O–H groups in total. The van der Waals surface area contributed by atoms with E-state index in [1.54, 1.807) is 0 Å². The fraction of sp³-hybridized carbons (Fsp3) is 1.00. The first-order valence-corrected chi connectivity index (χ1v) is 10.9. The number of rotatable bonds is 4. The van der Waals surface area contributed by atoms with Gasteiger partial charge in [-0.1, -0.05) is 38.9 Å². The molecule has 0 unspecified atom stereocenters. The summed E-state index contributed by atoms with van der Waals surface area (Å²) in [6.45, 7) is 6.94. The van der Waals surface area contributed by atoms with E-state index in [-0.39, 0.29) is 8.35 Å². The summed E-state index contributed by atoms with van der Waals surface area (Å²) in [6, 6.07) is 4.24. The van der Waals surface area contributed by atoms with Gasteiger partial charge < -0.3 is 0 Å². The summed E-state index contributed by atoms with van der Waals surface area (Å²) < 4.78 is 0. The molecule has 0 heterocycles. The second-order valence-electron chi connectivity index (χ2n) is 2.69. The number of hydrogen-bond donors (Lipinski definition) is 0. The van der Waals surface area contributed by atoms with Crippen molar-refractivity contribution in [3.8, 4) is 0 Å². The van der Waals surface area contributed by atoms with Crippen LogP contribution in [0.5, 0.6) is 0 Å². The van der Waals surface area contributed by atoms with Crippen LogP contribution in [-0.2, 0) is 0 Å². The Kier molecular flexibility index (Phi) is 4.89. The van der Waals surface area contributed by atoms with E-state index < -0.39 is 7.59 Å². The summed E-state index contributed by atoms with van der Waals surface area (Å²) >= 11 is 6.03. The van der Waals surface area contributed by atoms with Crippen molar-refractivity contribution in [3.63, 3.8) is 0 Å². The lowest BCUT2D eigenvalue weighted by atomic mass is 10.9. The van der Waals surface area contributed by atoms with Crippen LogP contribution in [0.15, 0.2) is 0 Å². The van der Waals surface area contributed by atoms with Crippen LogP contribution >= 0.6 is 11.1 Å². The van der Waals surface area contributed by atoms with E-state index in [1.165, 1.54) is 18.1 Å². The Balaban J connectivity index is 3.82. The Morgan fingerprint density at radius 3 is 1.44 bits per heavy atom. The van der Waals surface area contributed by atoms with Crippen LogP contribution in [0.2, 0.25) is 18.1 Å². The van der Waals surface area contributed by atoms with Crippen LogP contribution in [0.3, 0.4) is 0 Å². The van der Waals surface area contributed by atoms with E-state index in [0.717, 1.165) is 0 Å². The monoisotopic (exact) mass is 180 g/mol. The maximum absolute atomic E-state index is 6.03. The van der Waals surface area contributed by atoms with Gasteiger partial charge in [-0.3, -0.25) is 0 Å². The lowest BCUT2D eigenvalue weighted by Crippen LogP contribution is -2.36. The first-order chi connectivity index (χ1) is 4.24. The molecule has 0 radical (unpaired) electrons. The van der Waals surface area contributed by atoms with Crippen molar-refractivity contribution in [2.24, 2.45) is 0 Å². The average Bonchev–Trinajstić information content (AvgIpc) is 1.95. The summed E-state index contributed by atoms with van der Waals surface area (Å²) in [5.74, 6) is 0. The highest BCUT2D eigenvalue weighted by molar-refractivity contribution is 7.41. The van der Waals surface area contributed by atoms with Crippen molar-refractivity contribution in [2.45, 2.75) is 38.9 Å². The zero-order valence-electron chi connectivity index (χ0n) is 6.71. The molecule has 0 aromatic rings. The number of halogens is 1. The molecule has 0 amide bonds. The van der Waals surface area contributed by atoms with Crippen molar-refractivity contribution in [1.82, 2.24) is 0 Å². The average molecular weight is 181 g/mol. The van der Waals surface area contributed by atoms with Gasteiger partial charge in [-0.15, -0.1) is 0 Å². The highest BCUT2D eigenvalue weighted by atomic mass is 35.6. The Bertz CT molecular complexity index is 53.9. The predicted molar refractivity (Wildman–Crippen MR) is 51.6 cm³/mol. The second-order valence-corrected chi connectivity index (χ2v) is 15.8. The van der Waals surface area contributed by atoms with Crippen molar-refractivity contribution < 1.29 is 0 Å². The predicted octanol–water partition coefficient (Wildman–Crippen LogP) is 2.31. The summed E-state index contributed by atoms with van der Waals surface area (Å²) in [4.78, 5) is 0. The molecule has 0 spiro atoms.